The second kappa shape index (κ2) is 9.63. The highest BCUT2D eigenvalue weighted by Gasteiger charge is 2.44. The van der Waals surface area contributed by atoms with E-state index in [1.165, 1.54) is 47.5 Å². The van der Waals surface area contributed by atoms with E-state index >= 15 is 0 Å². The van der Waals surface area contributed by atoms with Gasteiger partial charge in [-0.1, -0.05) is 17.7 Å². The molecule has 11 heteroatoms. The van der Waals surface area contributed by atoms with E-state index in [1.54, 1.807) is 0 Å². The third kappa shape index (κ3) is 5.29. The molecule has 0 bridgehead atoms. The fourth-order valence-electron chi connectivity index (χ4n) is 5.87. The van der Waals surface area contributed by atoms with Crippen LogP contribution in [0.4, 0.5) is 16.3 Å². The van der Waals surface area contributed by atoms with Crippen molar-refractivity contribution >= 4 is 39.2 Å². The lowest BCUT2D eigenvalue weighted by molar-refractivity contribution is 0.0586. The van der Waals surface area contributed by atoms with Gasteiger partial charge in [0.15, 0.2) is 5.82 Å². The summed E-state index contributed by atoms with van der Waals surface area (Å²) in [5.41, 5.74) is 2.70. The van der Waals surface area contributed by atoms with Gasteiger partial charge in [-0.05, 0) is 62.8 Å². The van der Waals surface area contributed by atoms with E-state index in [9.17, 15) is 13.2 Å². The Morgan fingerprint density at radius 3 is 2.51 bits per heavy atom. The smallest absolute Gasteiger partial charge is 0.344 e. The van der Waals surface area contributed by atoms with Gasteiger partial charge in [0.1, 0.15) is 0 Å². The number of nitrogens with zero attached hydrogens (tertiary/aromatic N) is 5. The average Bonchev–Trinajstić information content (AvgIpc) is 3.57. The number of hydrogen-bond acceptors (Lipinski definition) is 6. The molecule has 35 heavy (non-hydrogen) atoms. The van der Waals surface area contributed by atoms with Gasteiger partial charge in [0.2, 0.25) is 10.0 Å². The molecule has 3 saturated heterocycles. The molecule has 3 fully saturated rings. The Balaban J connectivity index is 1.25. The predicted octanol–water partition coefficient (Wildman–Crippen LogP) is 3.61. The van der Waals surface area contributed by atoms with Gasteiger partial charge in [0.05, 0.1) is 6.26 Å². The third-order valence-electron chi connectivity index (χ3n) is 7.64. The van der Waals surface area contributed by atoms with E-state index in [4.69, 9.17) is 11.6 Å². The summed E-state index contributed by atoms with van der Waals surface area (Å²) in [5.74, 6) is 0.146. The van der Waals surface area contributed by atoms with Gasteiger partial charge in [0, 0.05) is 61.2 Å². The van der Waals surface area contributed by atoms with E-state index in [1.807, 2.05) is 11.0 Å². The zero-order valence-electron chi connectivity index (χ0n) is 20.1. The summed E-state index contributed by atoms with van der Waals surface area (Å²) in [6.07, 6.45) is 9.16. The quantitative estimate of drug-likeness (QED) is 0.647. The molecular weight excluding hydrogens is 488 g/mol. The van der Waals surface area contributed by atoms with Crippen LogP contribution in [-0.4, -0.2) is 78.5 Å². The van der Waals surface area contributed by atoms with Crippen LogP contribution < -0.4 is 9.62 Å². The van der Waals surface area contributed by atoms with Crippen LogP contribution in [0.15, 0.2) is 30.5 Å². The summed E-state index contributed by atoms with van der Waals surface area (Å²) < 4.78 is 26.4. The van der Waals surface area contributed by atoms with Crippen molar-refractivity contribution in [1.29, 1.82) is 0 Å². The number of piperidine rings is 1. The molecule has 1 amide bonds. The number of halogens is 1. The molecule has 1 aromatic heterocycles. The van der Waals surface area contributed by atoms with Crippen molar-refractivity contribution in [2.45, 2.75) is 50.6 Å². The second-order valence-electron chi connectivity index (χ2n) is 10.0. The van der Waals surface area contributed by atoms with Crippen molar-refractivity contribution in [2.75, 3.05) is 48.6 Å². The number of amides is 1. The van der Waals surface area contributed by atoms with Crippen molar-refractivity contribution in [3.8, 4) is 0 Å². The fourth-order valence-corrected chi connectivity index (χ4v) is 6.53. The van der Waals surface area contributed by atoms with Crippen LogP contribution >= 0.6 is 11.6 Å². The number of anilines is 2. The second-order valence-corrected chi connectivity index (χ2v) is 12.2. The minimum absolute atomic E-state index is 0.103. The highest BCUT2D eigenvalue weighted by atomic mass is 35.5. The number of sulfonamides is 1. The van der Waals surface area contributed by atoms with E-state index in [-0.39, 0.29) is 17.4 Å². The van der Waals surface area contributed by atoms with E-state index in [0.717, 1.165) is 56.7 Å². The number of aromatic nitrogens is 2. The number of rotatable bonds is 5. The summed E-state index contributed by atoms with van der Waals surface area (Å²) >= 11 is 6.36. The Hall–Kier alpha value is -2.30. The molecule has 0 aliphatic carbocycles. The maximum atomic E-state index is 13.0. The van der Waals surface area contributed by atoms with Crippen LogP contribution in [0.3, 0.4) is 0 Å². The number of carbonyl (C=O) groups is 1. The lowest BCUT2D eigenvalue weighted by Gasteiger charge is -2.45. The molecule has 5 rings (SSSR count). The maximum absolute atomic E-state index is 13.0. The summed E-state index contributed by atoms with van der Waals surface area (Å²) in [6, 6.07) is 7.56. The van der Waals surface area contributed by atoms with Crippen molar-refractivity contribution < 1.29 is 13.2 Å². The van der Waals surface area contributed by atoms with Gasteiger partial charge >= 0.3 is 6.03 Å². The molecule has 3 aliphatic heterocycles. The Bertz CT molecular complexity index is 1190. The molecule has 2 aromatic rings. The summed E-state index contributed by atoms with van der Waals surface area (Å²) in [6.45, 7) is 5.45. The Morgan fingerprint density at radius 1 is 1.06 bits per heavy atom. The lowest BCUT2D eigenvalue weighted by Crippen LogP contribution is -2.53. The monoisotopic (exact) mass is 520 g/mol. The average molecular weight is 521 g/mol. The Morgan fingerprint density at radius 2 is 1.80 bits per heavy atom. The molecule has 1 spiro atoms. The number of benzene rings is 1. The van der Waals surface area contributed by atoms with Gasteiger partial charge in [-0.2, -0.15) is 4.68 Å². The molecule has 4 heterocycles. The zero-order valence-corrected chi connectivity index (χ0v) is 21.7. The Kier molecular flexibility index (Phi) is 6.71. The van der Waals surface area contributed by atoms with Crippen molar-refractivity contribution in [3.63, 3.8) is 0 Å². The minimum atomic E-state index is -3.44. The molecule has 3 aliphatic rings. The van der Waals surface area contributed by atoms with Gasteiger partial charge in [0.25, 0.3) is 0 Å². The molecule has 0 atom stereocenters. The van der Waals surface area contributed by atoms with Gasteiger partial charge in [-0.3, -0.25) is 9.62 Å². The lowest BCUT2D eigenvalue weighted by atomic mass is 9.84. The van der Waals surface area contributed by atoms with Crippen LogP contribution in [0.5, 0.6) is 0 Å². The summed E-state index contributed by atoms with van der Waals surface area (Å²) in [4.78, 5) is 19.9. The van der Waals surface area contributed by atoms with Crippen LogP contribution in [0, 0.1) is 0 Å². The van der Waals surface area contributed by atoms with Gasteiger partial charge in [-0.15, -0.1) is 5.10 Å². The SMILES string of the molecule is CS(=O)(=O)Nc1ccn(C(=O)N2CCC3(CCCN3Cc3ccc(Cl)cc3N3CCCC3)CC2)n1. The molecular formula is C24H33ClN6O3S. The number of likely N-dealkylation sites (tertiary alicyclic amines) is 2. The topological polar surface area (TPSA) is 90.8 Å². The van der Waals surface area contributed by atoms with E-state index < -0.39 is 10.0 Å². The summed E-state index contributed by atoms with van der Waals surface area (Å²) in [5, 5.41) is 4.88. The number of carbonyl (C=O) groups excluding carboxylic acids is 1. The highest BCUT2D eigenvalue weighted by Crippen LogP contribution is 2.41. The van der Waals surface area contributed by atoms with Crippen molar-refractivity contribution in [2.24, 2.45) is 0 Å². The normalized spacial score (nSPS) is 20.6. The zero-order chi connectivity index (χ0) is 24.6. The molecule has 1 N–H and O–H groups in total. The van der Waals surface area contributed by atoms with E-state index in [2.05, 4.69) is 31.8 Å². The van der Waals surface area contributed by atoms with Gasteiger partial charge in [-0.25, -0.2) is 13.2 Å². The third-order valence-corrected chi connectivity index (χ3v) is 8.45. The fraction of sp³-hybridized carbons (Fsp3) is 0.583. The first-order chi connectivity index (χ1) is 16.7. The number of hydrogen-bond donors (Lipinski definition) is 1. The Labute approximate surface area is 212 Å². The first-order valence-corrected chi connectivity index (χ1v) is 14.6. The van der Waals surface area contributed by atoms with Crippen LogP contribution in [0.2, 0.25) is 5.02 Å². The summed E-state index contributed by atoms with van der Waals surface area (Å²) in [7, 11) is -3.44. The molecule has 9 nitrogen and oxygen atoms in total. The van der Waals surface area contributed by atoms with Crippen LogP contribution in [0.1, 0.15) is 44.1 Å². The van der Waals surface area contributed by atoms with E-state index in [0.29, 0.717) is 13.1 Å². The molecule has 190 valence electrons. The van der Waals surface area contributed by atoms with Crippen molar-refractivity contribution in [3.05, 3.63) is 41.0 Å². The predicted molar refractivity (Wildman–Crippen MR) is 138 cm³/mol. The number of nitrogens with one attached hydrogen (secondary N) is 1. The molecule has 0 unspecified atom stereocenters. The first kappa shape index (κ1) is 24.4. The standard InChI is InChI=1S/C24H33ClN6O3S/c1-35(33,34)27-22-7-14-31(26-22)23(32)29-15-9-24(10-16-29)8-4-13-30(24)18-19-5-6-20(25)17-21(19)28-11-2-3-12-28/h5-7,14,17H,2-4,8-13,15-16,18H2,1H3,(H,26,27). The largest absolute Gasteiger partial charge is 0.371 e. The van der Waals surface area contributed by atoms with Crippen LogP contribution in [-0.2, 0) is 16.6 Å². The van der Waals surface area contributed by atoms with Gasteiger partial charge < -0.3 is 9.80 Å². The molecule has 0 radical (unpaired) electrons. The van der Waals surface area contributed by atoms with Crippen molar-refractivity contribution in [1.82, 2.24) is 19.6 Å². The van der Waals surface area contributed by atoms with Crippen LogP contribution in [0.25, 0.3) is 0 Å². The maximum Gasteiger partial charge on any atom is 0.344 e. The molecule has 1 aromatic carbocycles. The molecule has 0 saturated carbocycles. The minimum Gasteiger partial charge on any atom is -0.371 e. The highest BCUT2D eigenvalue weighted by molar-refractivity contribution is 7.92. The first-order valence-electron chi connectivity index (χ1n) is 12.3.